The summed E-state index contributed by atoms with van der Waals surface area (Å²) >= 11 is 13.0. The van der Waals surface area contributed by atoms with E-state index in [2.05, 4.69) is 46.8 Å². The van der Waals surface area contributed by atoms with Crippen LogP contribution < -0.4 is 5.73 Å². The summed E-state index contributed by atoms with van der Waals surface area (Å²) in [5.41, 5.74) is 7.78. The van der Waals surface area contributed by atoms with Gasteiger partial charge in [0.05, 0.1) is 0 Å². The fraction of sp³-hybridized carbons (Fsp3) is 0.292. The van der Waals surface area contributed by atoms with Gasteiger partial charge in [-0.2, -0.15) is 0 Å². The highest BCUT2D eigenvalue weighted by molar-refractivity contribution is 9.10. The molecule has 1 saturated carbocycles. The number of nitrogens with zero attached hydrogens (tertiary/aromatic N) is 3. The Bertz CT molecular complexity index is 1250. The third-order valence-corrected chi connectivity index (χ3v) is 7.35. The first kappa shape index (κ1) is 27.4. The van der Waals surface area contributed by atoms with Gasteiger partial charge >= 0.3 is 0 Å². The second-order valence-corrected chi connectivity index (χ2v) is 11.1. The van der Waals surface area contributed by atoms with E-state index in [1.165, 1.54) is 0 Å². The van der Waals surface area contributed by atoms with Crippen molar-refractivity contribution in [3.05, 3.63) is 62.0 Å². The van der Waals surface area contributed by atoms with Crippen LogP contribution in [0.4, 0.5) is 0 Å². The lowest BCUT2D eigenvalue weighted by Crippen LogP contribution is -2.17. The second-order valence-electron chi connectivity index (χ2n) is 7.77. The average Bonchev–Trinajstić information content (AvgIpc) is 3.28. The summed E-state index contributed by atoms with van der Waals surface area (Å²) in [5.74, 6) is -0.163. The fourth-order valence-electron chi connectivity index (χ4n) is 3.32. The highest BCUT2D eigenvalue weighted by Gasteiger charge is 2.22. The van der Waals surface area contributed by atoms with Crippen LogP contribution in [0.2, 0.25) is 0 Å². The minimum absolute atomic E-state index is 0.170. The third-order valence-electron chi connectivity index (χ3n) is 5.08. The van der Waals surface area contributed by atoms with Crippen LogP contribution in [0.3, 0.4) is 0 Å². The van der Waals surface area contributed by atoms with Crippen LogP contribution in [0.1, 0.15) is 59.5 Å². The zero-order valence-electron chi connectivity index (χ0n) is 18.6. The molecule has 3 aromatic heterocycles. The number of Topliss-reactive ketones (excluding diaryl/α,β-unsaturated/α-hetero) is 3. The number of thiazole rings is 1. The number of halogens is 2. The number of hydrogen-bond donors (Lipinski definition) is 1. The quantitative estimate of drug-likeness (QED) is 0.283. The molecule has 3 heterocycles. The molecule has 0 radical (unpaired) electrons. The zero-order chi connectivity index (χ0) is 25.4. The summed E-state index contributed by atoms with van der Waals surface area (Å²) in [5, 5.41) is 0.888. The average molecular weight is 638 g/mol. The van der Waals surface area contributed by atoms with Crippen LogP contribution in [0, 0.1) is 0 Å². The standard InChI is InChI=1S/C12H9BrN2OS.C6H5BrN2S.C6H8O2/c13-8-4-7(5-14-6-8)12-15-11-9(16)2-1-3-10(11)17-12;7-5-1-4(6(8)10)2-9-3-5;7-5-3-1-2-4-6(5)8/h4-6H,1-3H2;1-3H,(H2,8,10);1-4H2. The van der Waals surface area contributed by atoms with E-state index < -0.39 is 0 Å². The summed E-state index contributed by atoms with van der Waals surface area (Å²) in [6, 6.07) is 3.80. The van der Waals surface area contributed by atoms with Gasteiger partial charge in [0.1, 0.15) is 15.7 Å². The van der Waals surface area contributed by atoms with Gasteiger partial charge in [0.15, 0.2) is 17.3 Å². The molecule has 0 saturated heterocycles. The Labute approximate surface area is 229 Å². The van der Waals surface area contributed by atoms with Gasteiger partial charge in [0, 0.05) is 69.0 Å². The van der Waals surface area contributed by atoms with E-state index in [9.17, 15) is 14.4 Å². The fourth-order valence-corrected chi connectivity index (χ4v) is 5.26. The van der Waals surface area contributed by atoms with Crippen LogP contribution in [0.5, 0.6) is 0 Å². The van der Waals surface area contributed by atoms with Crippen molar-refractivity contribution in [2.24, 2.45) is 5.73 Å². The lowest BCUT2D eigenvalue weighted by molar-refractivity contribution is -0.137. The van der Waals surface area contributed by atoms with Crippen molar-refractivity contribution in [1.82, 2.24) is 15.0 Å². The van der Waals surface area contributed by atoms with E-state index in [-0.39, 0.29) is 17.3 Å². The van der Waals surface area contributed by atoms with Gasteiger partial charge in [-0.1, -0.05) is 12.2 Å². The first-order valence-corrected chi connectivity index (χ1v) is 13.7. The first-order valence-electron chi connectivity index (χ1n) is 10.8. The minimum Gasteiger partial charge on any atom is -0.389 e. The molecular weight excluding hydrogens is 616 g/mol. The molecule has 182 valence electrons. The van der Waals surface area contributed by atoms with E-state index >= 15 is 0 Å². The molecule has 3 aromatic rings. The minimum atomic E-state index is -0.170. The number of hydrogen-bond acceptors (Lipinski definition) is 8. The van der Waals surface area contributed by atoms with Gasteiger partial charge in [0.25, 0.3) is 0 Å². The van der Waals surface area contributed by atoms with Crippen LogP contribution in [-0.4, -0.2) is 37.3 Å². The Hall–Kier alpha value is -2.21. The van der Waals surface area contributed by atoms with E-state index in [0.717, 1.165) is 55.6 Å². The Morgan fingerprint density at radius 3 is 1.94 bits per heavy atom. The van der Waals surface area contributed by atoms with Crippen molar-refractivity contribution in [2.45, 2.75) is 44.9 Å². The van der Waals surface area contributed by atoms with Crippen molar-refractivity contribution in [3.63, 3.8) is 0 Å². The predicted octanol–water partition coefficient (Wildman–Crippen LogP) is 5.66. The summed E-state index contributed by atoms with van der Waals surface area (Å²) in [7, 11) is 0. The summed E-state index contributed by atoms with van der Waals surface area (Å²) in [6.45, 7) is 0. The number of thiocarbonyl (C=S) groups is 1. The smallest absolute Gasteiger partial charge is 0.198 e. The molecule has 2 aliphatic rings. The molecule has 0 bridgehead atoms. The molecule has 0 amide bonds. The summed E-state index contributed by atoms with van der Waals surface area (Å²) < 4.78 is 1.81. The Morgan fingerprint density at radius 1 is 0.829 bits per heavy atom. The Morgan fingerprint density at radius 2 is 1.43 bits per heavy atom. The molecule has 0 spiro atoms. The monoisotopic (exact) mass is 636 g/mol. The number of carbonyl (C=O) groups is 3. The number of nitrogens with two attached hydrogens (primary N) is 1. The lowest BCUT2D eigenvalue weighted by atomic mass is 9.98. The summed E-state index contributed by atoms with van der Waals surface area (Å²) in [4.78, 5) is 46.6. The maximum atomic E-state index is 11.7. The van der Waals surface area contributed by atoms with Crippen LogP contribution in [-0.2, 0) is 16.0 Å². The van der Waals surface area contributed by atoms with Crippen LogP contribution in [0.15, 0.2) is 45.9 Å². The molecule has 0 atom stereocenters. The number of carbonyl (C=O) groups excluding carboxylic acids is 3. The first-order chi connectivity index (χ1) is 16.7. The van der Waals surface area contributed by atoms with Gasteiger partial charge in [-0.25, -0.2) is 4.98 Å². The maximum Gasteiger partial charge on any atom is 0.198 e. The second kappa shape index (κ2) is 13.2. The van der Waals surface area contributed by atoms with E-state index in [1.807, 2.05) is 12.1 Å². The van der Waals surface area contributed by atoms with Gasteiger partial charge < -0.3 is 5.73 Å². The predicted molar refractivity (Wildman–Crippen MR) is 147 cm³/mol. The maximum absolute atomic E-state index is 11.7. The molecule has 5 rings (SSSR count). The molecular formula is C24H22Br2N4O3S2. The lowest BCUT2D eigenvalue weighted by Gasteiger charge is -2.06. The van der Waals surface area contributed by atoms with Crippen molar-refractivity contribution in [3.8, 4) is 10.6 Å². The van der Waals surface area contributed by atoms with Crippen molar-refractivity contribution in [2.75, 3.05) is 0 Å². The molecule has 0 aliphatic heterocycles. The van der Waals surface area contributed by atoms with Gasteiger partial charge in [-0.3, -0.25) is 24.4 Å². The number of pyridine rings is 2. The number of aromatic nitrogens is 3. The molecule has 7 nitrogen and oxygen atoms in total. The van der Waals surface area contributed by atoms with Crippen LogP contribution in [0.25, 0.3) is 10.6 Å². The molecule has 2 N–H and O–H groups in total. The zero-order valence-corrected chi connectivity index (χ0v) is 23.4. The summed E-state index contributed by atoms with van der Waals surface area (Å²) in [6.07, 6.45) is 12.2. The largest absolute Gasteiger partial charge is 0.389 e. The van der Waals surface area contributed by atoms with Crippen molar-refractivity contribution >= 4 is 77.8 Å². The Kier molecular flexibility index (Phi) is 10.3. The van der Waals surface area contributed by atoms with Gasteiger partial charge in [-0.15, -0.1) is 11.3 Å². The van der Waals surface area contributed by atoms with E-state index in [1.54, 1.807) is 36.1 Å². The highest BCUT2D eigenvalue weighted by Crippen LogP contribution is 2.33. The highest BCUT2D eigenvalue weighted by atomic mass is 79.9. The van der Waals surface area contributed by atoms with E-state index in [0.29, 0.717) is 29.9 Å². The van der Waals surface area contributed by atoms with Crippen LogP contribution >= 0.6 is 55.4 Å². The Balaban J connectivity index is 0.000000162. The van der Waals surface area contributed by atoms with Crippen molar-refractivity contribution < 1.29 is 14.4 Å². The van der Waals surface area contributed by atoms with Gasteiger partial charge in [0.2, 0.25) is 0 Å². The topological polar surface area (TPSA) is 116 Å². The molecule has 0 aromatic carbocycles. The number of rotatable bonds is 2. The molecule has 11 heteroatoms. The molecule has 0 unspecified atom stereocenters. The van der Waals surface area contributed by atoms with Crippen molar-refractivity contribution in [1.29, 1.82) is 0 Å². The number of aryl methyl sites for hydroxylation is 1. The molecule has 35 heavy (non-hydrogen) atoms. The van der Waals surface area contributed by atoms with Gasteiger partial charge in [-0.05, 0) is 69.7 Å². The van der Waals surface area contributed by atoms with E-state index in [4.69, 9.17) is 18.0 Å². The number of fused-ring (bicyclic) bond motifs is 1. The SMILES string of the molecule is NC(=S)c1cncc(Br)c1.O=C1CCCCC1=O.O=C1CCCc2sc(-c3cncc(Br)c3)nc21. The number of ketones is 3. The normalized spacial score (nSPS) is 14.7. The third kappa shape index (κ3) is 8.16. The molecule has 2 aliphatic carbocycles. The molecule has 1 fully saturated rings.